The molecule has 0 amide bonds. The standard InChI is InChI=1S/C13H16N4/c1-9-4-5-14-7-12(9)8-15-13-6-10(2)16-11(3)17-13/h4-7H,8H2,1-3H3,(H,15,16,17). The average molecular weight is 228 g/mol. The Morgan fingerprint density at radius 1 is 1.18 bits per heavy atom. The van der Waals surface area contributed by atoms with Gasteiger partial charge in [-0.05, 0) is 38.0 Å². The van der Waals surface area contributed by atoms with Crippen LogP contribution in [-0.2, 0) is 6.54 Å². The minimum Gasteiger partial charge on any atom is -0.366 e. The first-order valence-corrected chi connectivity index (χ1v) is 5.61. The van der Waals surface area contributed by atoms with Crippen LogP contribution in [-0.4, -0.2) is 15.0 Å². The van der Waals surface area contributed by atoms with Crippen molar-refractivity contribution >= 4 is 5.82 Å². The molecular weight excluding hydrogens is 212 g/mol. The lowest BCUT2D eigenvalue weighted by molar-refractivity contribution is 0.985. The van der Waals surface area contributed by atoms with E-state index in [2.05, 4.69) is 27.2 Å². The number of hydrogen-bond donors (Lipinski definition) is 1. The summed E-state index contributed by atoms with van der Waals surface area (Å²) in [5, 5.41) is 3.29. The van der Waals surface area contributed by atoms with Gasteiger partial charge in [-0.1, -0.05) is 0 Å². The van der Waals surface area contributed by atoms with Gasteiger partial charge in [-0.2, -0.15) is 0 Å². The number of rotatable bonds is 3. The highest BCUT2D eigenvalue weighted by Gasteiger charge is 2.00. The van der Waals surface area contributed by atoms with Crippen molar-refractivity contribution in [3.8, 4) is 0 Å². The van der Waals surface area contributed by atoms with E-state index in [1.54, 1.807) is 6.20 Å². The second-order valence-electron chi connectivity index (χ2n) is 4.10. The molecule has 0 atom stereocenters. The lowest BCUT2D eigenvalue weighted by Gasteiger charge is -2.08. The average Bonchev–Trinajstić information content (AvgIpc) is 2.27. The molecule has 0 aliphatic rings. The van der Waals surface area contributed by atoms with Crippen LogP contribution in [0.2, 0.25) is 0 Å². The minimum absolute atomic E-state index is 0.732. The summed E-state index contributed by atoms with van der Waals surface area (Å²) in [5.74, 6) is 1.65. The molecule has 2 rings (SSSR count). The second-order valence-corrected chi connectivity index (χ2v) is 4.10. The Morgan fingerprint density at radius 3 is 2.71 bits per heavy atom. The first kappa shape index (κ1) is 11.5. The Balaban J connectivity index is 2.10. The van der Waals surface area contributed by atoms with Crippen molar-refractivity contribution in [2.45, 2.75) is 27.3 Å². The predicted molar refractivity (Wildman–Crippen MR) is 67.8 cm³/mol. The number of pyridine rings is 1. The smallest absolute Gasteiger partial charge is 0.130 e. The van der Waals surface area contributed by atoms with E-state index in [4.69, 9.17) is 0 Å². The Morgan fingerprint density at radius 2 is 2.00 bits per heavy atom. The summed E-state index contributed by atoms with van der Waals surface area (Å²) in [6, 6.07) is 3.95. The summed E-state index contributed by atoms with van der Waals surface area (Å²) >= 11 is 0. The van der Waals surface area contributed by atoms with E-state index in [-0.39, 0.29) is 0 Å². The van der Waals surface area contributed by atoms with Crippen molar-refractivity contribution in [2.24, 2.45) is 0 Å². The van der Waals surface area contributed by atoms with E-state index in [9.17, 15) is 0 Å². The Bertz CT molecular complexity index is 502. The van der Waals surface area contributed by atoms with Crippen molar-refractivity contribution < 1.29 is 0 Å². The van der Waals surface area contributed by atoms with Gasteiger partial charge < -0.3 is 5.32 Å². The molecule has 2 aromatic heterocycles. The topological polar surface area (TPSA) is 50.7 Å². The minimum atomic E-state index is 0.732. The third kappa shape index (κ3) is 3.00. The van der Waals surface area contributed by atoms with Gasteiger partial charge in [-0.15, -0.1) is 0 Å². The zero-order chi connectivity index (χ0) is 12.3. The summed E-state index contributed by atoms with van der Waals surface area (Å²) < 4.78 is 0. The summed E-state index contributed by atoms with van der Waals surface area (Å²) in [5.41, 5.74) is 3.39. The molecule has 0 saturated carbocycles. The fraction of sp³-hybridized carbons (Fsp3) is 0.308. The van der Waals surface area contributed by atoms with Crippen LogP contribution in [0.3, 0.4) is 0 Å². The number of hydrogen-bond acceptors (Lipinski definition) is 4. The summed E-state index contributed by atoms with van der Waals surface area (Å²) in [6.45, 7) is 6.67. The van der Waals surface area contributed by atoms with Crippen LogP contribution in [0, 0.1) is 20.8 Å². The van der Waals surface area contributed by atoms with E-state index >= 15 is 0 Å². The molecule has 0 bridgehead atoms. The van der Waals surface area contributed by atoms with Crippen LogP contribution in [0.1, 0.15) is 22.6 Å². The van der Waals surface area contributed by atoms with Gasteiger partial charge in [0.05, 0.1) is 0 Å². The second kappa shape index (κ2) is 4.91. The molecule has 0 aromatic carbocycles. The van der Waals surface area contributed by atoms with Crippen LogP contribution in [0.15, 0.2) is 24.5 Å². The Hall–Kier alpha value is -1.97. The fourth-order valence-corrected chi connectivity index (χ4v) is 1.68. The molecule has 0 spiro atoms. The van der Waals surface area contributed by atoms with Gasteiger partial charge in [0, 0.05) is 30.7 Å². The molecule has 2 aromatic rings. The summed E-state index contributed by atoms with van der Waals surface area (Å²) in [4.78, 5) is 12.7. The van der Waals surface area contributed by atoms with Crippen molar-refractivity contribution in [3.05, 3.63) is 47.2 Å². The highest BCUT2D eigenvalue weighted by molar-refractivity contribution is 5.37. The Labute approximate surface area is 101 Å². The van der Waals surface area contributed by atoms with Gasteiger partial charge in [-0.3, -0.25) is 4.98 Å². The van der Waals surface area contributed by atoms with E-state index in [0.29, 0.717) is 0 Å². The van der Waals surface area contributed by atoms with Gasteiger partial charge in [0.1, 0.15) is 11.6 Å². The summed E-state index contributed by atoms with van der Waals surface area (Å²) in [6.07, 6.45) is 3.68. The van der Waals surface area contributed by atoms with Crippen LogP contribution in [0.5, 0.6) is 0 Å². The van der Waals surface area contributed by atoms with Crippen molar-refractivity contribution in [1.29, 1.82) is 0 Å². The first-order valence-electron chi connectivity index (χ1n) is 5.61. The SMILES string of the molecule is Cc1cc(NCc2cnccc2C)nc(C)n1. The molecule has 1 N–H and O–H groups in total. The third-order valence-electron chi connectivity index (χ3n) is 2.57. The van der Waals surface area contributed by atoms with Crippen molar-refractivity contribution in [2.75, 3.05) is 5.32 Å². The van der Waals surface area contributed by atoms with Crippen molar-refractivity contribution in [1.82, 2.24) is 15.0 Å². The number of nitrogens with zero attached hydrogens (tertiary/aromatic N) is 3. The number of aromatic nitrogens is 3. The quantitative estimate of drug-likeness (QED) is 0.876. The van der Waals surface area contributed by atoms with Crippen LogP contribution < -0.4 is 5.32 Å². The highest BCUT2D eigenvalue weighted by Crippen LogP contribution is 2.10. The molecule has 4 nitrogen and oxygen atoms in total. The molecule has 4 heteroatoms. The van der Waals surface area contributed by atoms with Crippen LogP contribution in [0.25, 0.3) is 0 Å². The number of anilines is 1. The predicted octanol–water partition coefficient (Wildman–Crippen LogP) is 2.41. The van der Waals surface area contributed by atoms with Crippen molar-refractivity contribution in [3.63, 3.8) is 0 Å². The monoisotopic (exact) mass is 228 g/mol. The number of nitrogens with one attached hydrogen (secondary N) is 1. The van der Waals surface area contributed by atoms with E-state index in [1.807, 2.05) is 32.2 Å². The highest BCUT2D eigenvalue weighted by atomic mass is 15.0. The van der Waals surface area contributed by atoms with Gasteiger partial charge >= 0.3 is 0 Å². The first-order chi connectivity index (χ1) is 8.15. The third-order valence-corrected chi connectivity index (χ3v) is 2.57. The van der Waals surface area contributed by atoms with Gasteiger partial charge in [0.15, 0.2) is 0 Å². The molecule has 0 saturated heterocycles. The molecule has 0 fully saturated rings. The normalized spacial score (nSPS) is 10.3. The fourth-order valence-electron chi connectivity index (χ4n) is 1.68. The number of aryl methyl sites for hydroxylation is 3. The maximum absolute atomic E-state index is 4.34. The van der Waals surface area contributed by atoms with E-state index in [1.165, 1.54) is 11.1 Å². The largest absolute Gasteiger partial charge is 0.366 e. The molecule has 0 radical (unpaired) electrons. The zero-order valence-corrected chi connectivity index (χ0v) is 10.4. The lowest BCUT2D eigenvalue weighted by atomic mass is 10.1. The molecule has 0 unspecified atom stereocenters. The van der Waals surface area contributed by atoms with Gasteiger partial charge in [-0.25, -0.2) is 9.97 Å². The van der Waals surface area contributed by atoms with Gasteiger partial charge in [0.2, 0.25) is 0 Å². The lowest BCUT2D eigenvalue weighted by Crippen LogP contribution is -2.05. The van der Waals surface area contributed by atoms with E-state index < -0.39 is 0 Å². The molecule has 0 aliphatic carbocycles. The maximum atomic E-state index is 4.34. The van der Waals surface area contributed by atoms with Gasteiger partial charge in [0.25, 0.3) is 0 Å². The molecule has 2 heterocycles. The molecule has 0 aliphatic heterocycles. The maximum Gasteiger partial charge on any atom is 0.130 e. The Kier molecular flexibility index (Phi) is 3.32. The molecule has 17 heavy (non-hydrogen) atoms. The molecule has 88 valence electrons. The summed E-state index contributed by atoms with van der Waals surface area (Å²) in [7, 11) is 0. The van der Waals surface area contributed by atoms with E-state index in [0.717, 1.165) is 23.9 Å². The van der Waals surface area contributed by atoms with Crippen LogP contribution >= 0.6 is 0 Å². The van der Waals surface area contributed by atoms with Crippen LogP contribution in [0.4, 0.5) is 5.82 Å². The zero-order valence-electron chi connectivity index (χ0n) is 10.4. The molecular formula is C13H16N4.